The summed E-state index contributed by atoms with van der Waals surface area (Å²) in [5.74, 6) is -1.09. The van der Waals surface area contributed by atoms with Crippen molar-refractivity contribution >= 4 is 31.2 Å². The number of imidazole rings is 1. The van der Waals surface area contributed by atoms with Crippen molar-refractivity contribution in [2.24, 2.45) is 0 Å². The molecule has 15 nitrogen and oxygen atoms in total. The summed E-state index contributed by atoms with van der Waals surface area (Å²) in [6.45, 7) is 0.392. The minimum atomic E-state index is -4.33. The van der Waals surface area contributed by atoms with Crippen molar-refractivity contribution in [3.63, 3.8) is 0 Å². The minimum absolute atomic E-state index is 0. The van der Waals surface area contributed by atoms with E-state index in [0.29, 0.717) is 44.3 Å². The van der Waals surface area contributed by atoms with Crippen LogP contribution in [0.2, 0.25) is 0 Å². The van der Waals surface area contributed by atoms with Crippen LogP contribution in [-0.4, -0.2) is 110 Å². The molecule has 2 saturated heterocycles. The molecule has 0 aliphatic carbocycles. The third-order valence-corrected chi connectivity index (χ3v) is 10.3. The van der Waals surface area contributed by atoms with Gasteiger partial charge in [0.05, 0.1) is 12.4 Å². The average molecular weight is 768 g/mol. The first-order valence-electron chi connectivity index (χ1n) is 18.0. The van der Waals surface area contributed by atoms with E-state index in [1.54, 1.807) is 54.4 Å². The highest BCUT2D eigenvalue weighted by Crippen LogP contribution is 2.35. The van der Waals surface area contributed by atoms with Gasteiger partial charge in [0, 0.05) is 30.9 Å². The van der Waals surface area contributed by atoms with Crippen molar-refractivity contribution in [2.45, 2.75) is 95.4 Å². The van der Waals surface area contributed by atoms with Gasteiger partial charge in [-0.05, 0) is 75.9 Å². The molecule has 294 valence electrons. The largest absolute Gasteiger partial charge is 0.481 e. The summed E-state index contributed by atoms with van der Waals surface area (Å²) in [6, 6.07) is 13.1. The predicted molar refractivity (Wildman–Crippen MR) is 203 cm³/mol. The summed E-state index contributed by atoms with van der Waals surface area (Å²) in [4.78, 5) is 84.1. The number of carbonyl (C=O) groups excluding carboxylic acids is 4. The summed E-state index contributed by atoms with van der Waals surface area (Å²) in [5, 5.41) is 8.88. The Labute approximate surface area is 316 Å². The topological polar surface area (TPSA) is 206 Å². The molecule has 0 bridgehead atoms. The van der Waals surface area contributed by atoms with Crippen molar-refractivity contribution < 1.29 is 38.3 Å². The lowest BCUT2D eigenvalue weighted by Crippen LogP contribution is -2.59. The van der Waals surface area contributed by atoms with Crippen molar-refractivity contribution in [1.82, 2.24) is 35.7 Å². The van der Waals surface area contributed by atoms with Crippen LogP contribution in [0.4, 0.5) is 0 Å². The molecule has 3 heterocycles. The maximum absolute atomic E-state index is 14.3. The van der Waals surface area contributed by atoms with E-state index in [2.05, 4.69) is 25.9 Å². The Morgan fingerprint density at radius 2 is 1.70 bits per heavy atom. The van der Waals surface area contributed by atoms with Crippen molar-refractivity contribution in [2.75, 3.05) is 27.0 Å². The minimum Gasteiger partial charge on any atom is -0.481 e. The number of benzene rings is 2. The highest BCUT2D eigenvalue weighted by molar-refractivity contribution is 7.51. The molecular weight excluding hydrogens is 713 g/mol. The number of ether oxygens (including phenoxy) is 1. The summed E-state index contributed by atoms with van der Waals surface area (Å²) >= 11 is 0. The zero-order chi connectivity index (χ0) is 38.0. The lowest BCUT2D eigenvalue weighted by Gasteiger charge is -2.36. The quantitative estimate of drug-likeness (QED) is 0.118. The fraction of sp³-hybridized carbons (Fsp3) is 0.500. The molecule has 2 fully saturated rings. The Bertz CT molecular complexity index is 1720. The third kappa shape index (κ3) is 12.0. The molecule has 2 aromatic carbocycles. The summed E-state index contributed by atoms with van der Waals surface area (Å²) in [7, 11) is -0.778. The number of likely N-dealkylation sites (N-methyl/N-ethyl adjacent to an activating group) is 1. The Morgan fingerprint density at radius 3 is 2.37 bits per heavy atom. The lowest BCUT2D eigenvalue weighted by molar-refractivity contribution is -0.145. The number of hydrogen-bond acceptors (Lipinski definition) is 8. The smallest absolute Gasteiger partial charge is 0.362 e. The number of aromatic amines is 1. The molecule has 0 spiro atoms. The maximum atomic E-state index is 14.3. The van der Waals surface area contributed by atoms with E-state index in [9.17, 15) is 23.7 Å². The first-order chi connectivity index (χ1) is 25.4. The standard InChI is InChI=1S/C37H50N7O8P.CH4/c1-43(2)33(20-26-12-15-29(16-13-26)52-24-53(49,50)51)36(47)41-30-11-7-6-10-28-14-17-32(44(28)37(30)48)35(46)42-31(21-27-22-38-23-40-27)34(45)39-19-18-25-8-4-3-5-9-25;/h3-5,8-9,12-13,15-16,22-23,28,30-33H,6-7,10-11,14,17-21,24H2,1-2H3,(H,38,40)(H,39,45)(H,41,47)(H,42,46)(H2,49,50,51);1H4/t28?,30-,31-,32-,33-;/m0./s1. The molecule has 3 aromatic rings. The molecule has 0 saturated carbocycles. The highest BCUT2D eigenvalue weighted by Gasteiger charge is 2.45. The number of amides is 4. The Balaban J connectivity index is 0.00000650. The van der Waals surface area contributed by atoms with Gasteiger partial charge in [0.2, 0.25) is 23.6 Å². The number of aromatic nitrogens is 2. The number of H-pyrrole nitrogens is 1. The van der Waals surface area contributed by atoms with Gasteiger partial charge >= 0.3 is 7.60 Å². The summed E-state index contributed by atoms with van der Waals surface area (Å²) < 4.78 is 16.3. The Hall–Kier alpha value is -4.56. The van der Waals surface area contributed by atoms with Gasteiger partial charge in [-0.1, -0.05) is 62.7 Å². The van der Waals surface area contributed by atoms with Gasteiger partial charge in [0.25, 0.3) is 0 Å². The number of rotatable bonds is 16. The van der Waals surface area contributed by atoms with Gasteiger partial charge < -0.3 is 40.4 Å². The number of nitrogens with one attached hydrogen (secondary N) is 4. The van der Waals surface area contributed by atoms with E-state index in [0.717, 1.165) is 30.4 Å². The zero-order valence-electron chi connectivity index (χ0n) is 30.1. The van der Waals surface area contributed by atoms with E-state index >= 15 is 0 Å². The molecule has 2 aliphatic heterocycles. The van der Waals surface area contributed by atoms with Crippen LogP contribution >= 0.6 is 7.60 Å². The lowest BCUT2D eigenvalue weighted by atomic mass is 9.98. The maximum Gasteiger partial charge on any atom is 0.362 e. The molecule has 54 heavy (non-hydrogen) atoms. The van der Waals surface area contributed by atoms with Gasteiger partial charge in [-0.15, -0.1) is 0 Å². The molecule has 1 unspecified atom stereocenters. The highest BCUT2D eigenvalue weighted by atomic mass is 31.2. The Kier molecular flexibility index (Phi) is 15.4. The fourth-order valence-electron chi connectivity index (χ4n) is 7.00. The first kappa shape index (κ1) is 42.2. The second kappa shape index (κ2) is 19.7. The molecule has 6 N–H and O–H groups in total. The van der Waals surface area contributed by atoms with Crippen LogP contribution in [-0.2, 0) is 43.0 Å². The van der Waals surface area contributed by atoms with Crippen molar-refractivity contribution in [3.8, 4) is 5.75 Å². The molecular formula is C38H54N7O8P. The average Bonchev–Trinajstić information content (AvgIpc) is 3.80. The molecule has 4 amide bonds. The molecule has 5 atom stereocenters. The molecule has 0 radical (unpaired) electrons. The van der Waals surface area contributed by atoms with Gasteiger partial charge in [-0.2, -0.15) is 0 Å². The van der Waals surface area contributed by atoms with E-state index < -0.39 is 44.0 Å². The summed E-state index contributed by atoms with van der Waals surface area (Å²) in [5.41, 5.74) is 2.55. The van der Waals surface area contributed by atoms with Gasteiger partial charge in [0.1, 0.15) is 23.9 Å². The van der Waals surface area contributed by atoms with E-state index in [1.807, 2.05) is 30.3 Å². The van der Waals surface area contributed by atoms with Crippen LogP contribution in [0.15, 0.2) is 67.1 Å². The fourth-order valence-corrected chi connectivity index (χ4v) is 7.31. The van der Waals surface area contributed by atoms with Crippen LogP contribution in [0.25, 0.3) is 0 Å². The first-order valence-corrected chi connectivity index (χ1v) is 19.8. The van der Waals surface area contributed by atoms with Crippen LogP contribution < -0.4 is 20.7 Å². The second-order valence-corrected chi connectivity index (χ2v) is 15.6. The van der Waals surface area contributed by atoms with Crippen molar-refractivity contribution in [3.05, 3.63) is 83.9 Å². The zero-order valence-corrected chi connectivity index (χ0v) is 31.0. The third-order valence-electron chi connectivity index (χ3n) is 9.80. The number of hydrogen-bond donors (Lipinski definition) is 6. The van der Waals surface area contributed by atoms with Gasteiger partial charge in [0.15, 0.2) is 6.35 Å². The number of fused-ring (bicyclic) bond motifs is 1. The van der Waals surface area contributed by atoms with Crippen LogP contribution in [0, 0.1) is 0 Å². The van der Waals surface area contributed by atoms with E-state index in [-0.39, 0.29) is 43.4 Å². The molecule has 16 heteroatoms. The van der Waals surface area contributed by atoms with Crippen LogP contribution in [0.3, 0.4) is 0 Å². The van der Waals surface area contributed by atoms with E-state index in [4.69, 9.17) is 14.5 Å². The van der Waals surface area contributed by atoms with Crippen LogP contribution in [0.5, 0.6) is 5.75 Å². The summed E-state index contributed by atoms with van der Waals surface area (Å²) in [6.07, 6.45) is 7.39. The monoisotopic (exact) mass is 767 g/mol. The van der Waals surface area contributed by atoms with Gasteiger partial charge in [-0.3, -0.25) is 28.6 Å². The molecule has 1 aromatic heterocycles. The number of carbonyl (C=O) groups is 4. The molecule has 2 aliphatic rings. The van der Waals surface area contributed by atoms with E-state index in [1.165, 1.54) is 6.33 Å². The molecule has 5 rings (SSSR count). The van der Waals surface area contributed by atoms with Gasteiger partial charge in [-0.25, -0.2) is 4.98 Å². The SMILES string of the molecule is C.CN(C)[C@@H](Cc1ccc(OCP(=O)(O)O)cc1)C(=O)N[C@H]1CCCCC2CC[C@@H](C(=O)N[C@@H](Cc3cnc[nH]3)C(=O)NCCc3ccccc3)N2C1=O. The number of nitrogens with zero attached hydrogens (tertiary/aromatic N) is 3. The second-order valence-electron chi connectivity index (χ2n) is 14.0. The predicted octanol–water partition coefficient (Wildman–Crippen LogP) is 2.54. The Morgan fingerprint density at radius 1 is 0.981 bits per heavy atom. The van der Waals surface area contributed by atoms with Crippen molar-refractivity contribution in [1.29, 1.82) is 0 Å². The normalized spacial score (nSPS) is 19.8. The van der Waals surface area contributed by atoms with Crippen LogP contribution in [0.1, 0.15) is 62.8 Å².